The summed E-state index contributed by atoms with van der Waals surface area (Å²) in [6, 6.07) is 5.40. The summed E-state index contributed by atoms with van der Waals surface area (Å²) in [6.45, 7) is 2.65. The molecule has 5 heteroatoms. The summed E-state index contributed by atoms with van der Waals surface area (Å²) in [4.78, 5) is 29.7. The molecule has 1 saturated heterocycles. The number of pyridine rings is 1. The molecule has 0 aromatic carbocycles. The molecule has 2 rings (SSSR count). The van der Waals surface area contributed by atoms with Crippen LogP contribution in [0, 0.1) is 0 Å². The number of aromatic nitrogens is 1. The van der Waals surface area contributed by atoms with E-state index in [1.54, 1.807) is 13.1 Å². The molecule has 1 atom stereocenters. The zero-order chi connectivity index (χ0) is 13.8. The number of amides is 2. The van der Waals surface area contributed by atoms with Gasteiger partial charge in [0.15, 0.2) is 0 Å². The first-order valence-electron chi connectivity index (χ1n) is 6.66. The van der Waals surface area contributed by atoms with Crippen molar-refractivity contribution < 1.29 is 9.59 Å². The van der Waals surface area contributed by atoms with Crippen LogP contribution in [0.2, 0.25) is 0 Å². The van der Waals surface area contributed by atoms with Gasteiger partial charge in [0.1, 0.15) is 5.69 Å². The minimum Gasteiger partial charge on any atom is -0.354 e. The van der Waals surface area contributed by atoms with Crippen LogP contribution in [0.3, 0.4) is 0 Å². The molecule has 1 N–H and O–H groups in total. The third-order valence-corrected chi connectivity index (χ3v) is 3.45. The summed E-state index contributed by atoms with van der Waals surface area (Å²) in [5.74, 6) is -0.0529. The molecule has 1 aromatic rings. The van der Waals surface area contributed by atoms with Crippen LogP contribution in [0.4, 0.5) is 0 Å². The second-order valence-corrected chi connectivity index (χ2v) is 4.63. The standard InChI is InChI=1S/C14H19N3O2/c1-3-13(18)17-9-5-8-12(17)10-6-4-7-11(16-10)14(19)15-2/h4,6-7,12H,3,5,8-9H2,1-2H3,(H,15,19). The number of carbonyl (C=O) groups is 2. The number of hydrogen-bond donors (Lipinski definition) is 1. The van der Waals surface area contributed by atoms with Gasteiger partial charge in [-0.05, 0) is 25.0 Å². The van der Waals surface area contributed by atoms with E-state index in [-0.39, 0.29) is 17.9 Å². The average molecular weight is 261 g/mol. The smallest absolute Gasteiger partial charge is 0.269 e. The van der Waals surface area contributed by atoms with Crippen LogP contribution in [0.1, 0.15) is 48.4 Å². The van der Waals surface area contributed by atoms with Gasteiger partial charge < -0.3 is 10.2 Å². The van der Waals surface area contributed by atoms with Gasteiger partial charge in [0.25, 0.3) is 5.91 Å². The number of nitrogens with zero attached hydrogens (tertiary/aromatic N) is 2. The second kappa shape index (κ2) is 5.82. The zero-order valence-corrected chi connectivity index (χ0v) is 11.3. The molecule has 102 valence electrons. The van der Waals surface area contributed by atoms with Gasteiger partial charge >= 0.3 is 0 Å². The van der Waals surface area contributed by atoms with Gasteiger partial charge in [0.2, 0.25) is 5.91 Å². The van der Waals surface area contributed by atoms with Crippen LogP contribution >= 0.6 is 0 Å². The normalized spacial score (nSPS) is 18.4. The molecule has 1 aliphatic rings. The number of carbonyl (C=O) groups excluding carboxylic acids is 2. The van der Waals surface area contributed by atoms with Gasteiger partial charge in [-0.15, -0.1) is 0 Å². The molecule has 1 aliphatic heterocycles. The highest BCUT2D eigenvalue weighted by molar-refractivity contribution is 5.92. The molecule has 19 heavy (non-hydrogen) atoms. The van der Waals surface area contributed by atoms with Crippen molar-refractivity contribution in [1.29, 1.82) is 0 Å². The predicted octanol–water partition coefficient (Wildman–Crippen LogP) is 1.51. The summed E-state index contributed by atoms with van der Waals surface area (Å²) in [5, 5.41) is 2.56. The van der Waals surface area contributed by atoms with Gasteiger partial charge in [-0.3, -0.25) is 9.59 Å². The Morgan fingerprint density at radius 2 is 2.26 bits per heavy atom. The summed E-state index contributed by atoms with van der Waals surface area (Å²) in [5.41, 5.74) is 1.20. The Bertz CT molecular complexity index is 487. The van der Waals surface area contributed by atoms with Crippen LogP contribution in [-0.4, -0.2) is 35.3 Å². The third kappa shape index (κ3) is 2.75. The van der Waals surface area contributed by atoms with Crippen molar-refractivity contribution in [2.45, 2.75) is 32.2 Å². The van der Waals surface area contributed by atoms with Crippen molar-refractivity contribution in [3.05, 3.63) is 29.6 Å². The molecule has 0 radical (unpaired) electrons. The maximum Gasteiger partial charge on any atom is 0.269 e. The minimum absolute atomic E-state index is 0.0112. The molecule has 1 unspecified atom stereocenters. The summed E-state index contributed by atoms with van der Waals surface area (Å²) >= 11 is 0. The fraction of sp³-hybridized carbons (Fsp3) is 0.500. The lowest BCUT2D eigenvalue weighted by Gasteiger charge is -2.24. The highest BCUT2D eigenvalue weighted by Crippen LogP contribution is 2.31. The van der Waals surface area contributed by atoms with E-state index in [9.17, 15) is 9.59 Å². The van der Waals surface area contributed by atoms with Gasteiger partial charge in [-0.25, -0.2) is 4.98 Å². The Balaban J connectivity index is 2.26. The molecule has 0 aliphatic carbocycles. The van der Waals surface area contributed by atoms with Gasteiger partial charge in [0, 0.05) is 20.0 Å². The van der Waals surface area contributed by atoms with E-state index in [4.69, 9.17) is 0 Å². The molecular formula is C14H19N3O2. The maximum atomic E-state index is 11.9. The van der Waals surface area contributed by atoms with E-state index in [1.807, 2.05) is 24.0 Å². The first-order chi connectivity index (χ1) is 9.17. The zero-order valence-electron chi connectivity index (χ0n) is 11.3. The van der Waals surface area contributed by atoms with Crippen LogP contribution < -0.4 is 5.32 Å². The molecule has 2 amide bonds. The quantitative estimate of drug-likeness (QED) is 0.897. The lowest BCUT2D eigenvalue weighted by Crippen LogP contribution is -2.30. The Labute approximate surface area is 113 Å². The van der Waals surface area contributed by atoms with Crippen LogP contribution in [0.25, 0.3) is 0 Å². The highest BCUT2D eigenvalue weighted by atomic mass is 16.2. The van der Waals surface area contributed by atoms with Crippen molar-refractivity contribution in [2.75, 3.05) is 13.6 Å². The second-order valence-electron chi connectivity index (χ2n) is 4.63. The van der Waals surface area contributed by atoms with Crippen LogP contribution in [0.5, 0.6) is 0 Å². The molecule has 1 aromatic heterocycles. The maximum absolute atomic E-state index is 11.9. The van der Waals surface area contributed by atoms with Gasteiger partial charge in [0.05, 0.1) is 11.7 Å². The lowest BCUT2D eigenvalue weighted by atomic mass is 10.1. The van der Waals surface area contributed by atoms with Crippen molar-refractivity contribution in [2.24, 2.45) is 0 Å². The third-order valence-electron chi connectivity index (χ3n) is 3.45. The highest BCUT2D eigenvalue weighted by Gasteiger charge is 2.30. The average Bonchev–Trinajstić information content (AvgIpc) is 2.95. The van der Waals surface area contributed by atoms with Crippen LogP contribution in [0.15, 0.2) is 18.2 Å². The number of hydrogen-bond acceptors (Lipinski definition) is 3. The van der Waals surface area contributed by atoms with Crippen molar-refractivity contribution in [3.8, 4) is 0 Å². The number of likely N-dealkylation sites (tertiary alicyclic amines) is 1. The predicted molar refractivity (Wildman–Crippen MR) is 71.6 cm³/mol. The Hall–Kier alpha value is -1.91. The van der Waals surface area contributed by atoms with E-state index in [1.165, 1.54) is 0 Å². The van der Waals surface area contributed by atoms with Gasteiger partial charge in [-0.2, -0.15) is 0 Å². The largest absolute Gasteiger partial charge is 0.354 e. The first-order valence-corrected chi connectivity index (χ1v) is 6.66. The molecule has 2 heterocycles. The molecule has 0 saturated carbocycles. The molecular weight excluding hydrogens is 242 g/mol. The molecule has 0 spiro atoms. The van der Waals surface area contributed by atoms with Crippen molar-refractivity contribution in [1.82, 2.24) is 15.2 Å². The Morgan fingerprint density at radius 1 is 1.47 bits per heavy atom. The minimum atomic E-state index is -0.201. The van der Waals surface area contributed by atoms with E-state index in [0.29, 0.717) is 12.1 Å². The Morgan fingerprint density at radius 3 is 2.95 bits per heavy atom. The monoisotopic (exact) mass is 261 g/mol. The molecule has 5 nitrogen and oxygen atoms in total. The Kier molecular flexibility index (Phi) is 4.14. The fourth-order valence-corrected chi connectivity index (χ4v) is 2.47. The lowest BCUT2D eigenvalue weighted by molar-refractivity contribution is -0.131. The summed E-state index contributed by atoms with van der Waals surface area (Å²) < 4.78 is 0. The topological polar surface area (TPSA) is 62.3 Å². The van der Waals surface area contributed by atoms with E-state index < -0.39 is 0 Å². The SMILES string of the molecule is CCC(=O)N1CCCC1c1cccc(C(=O)NC)n1. The first kappa shape index (κ1) is 13.5. The summed E-state index contributed by atoms with van der Waals surface area (Å²) in [6.07, 6.45) is 2.41. The molecule has 0 bridgehead atoms. The number of nitrogens with one attached hydrogen (secondary N) is 1. The number of rotatable bonds is 3. The van der Waals surface area contributed by atoms with Crippen molar-refractivity contribution in [3.63, 3.8) is 0 Å². The van der Waals surface area contributed by atoms with E-state index in [0.717, 1.165) is 25.1 Å². The van der Waals surface area contributed by atoms with E-state index in [2.05, 4.69) is 10.3 Å². The van der Waals surface area contributed by atoms with Gasteiger partial charge in [-0.1, -0.05) is 13.0 Å². The molecule has 1 fully saturated rings. The van der Waals surface area contributed by atoms with Crippen molar-refractivity contribution >= 4 is 11.8 Å². The fourth-order valence-electron chi connectivity index (χ4n) is 2.47. The van der Waals surface area contributed by atoms with E-state index >= 15 is 0 Å². The van der Waals surface area contributed by atoms with Crippen LogP contribution in [-0.2, 0) is 4.79 Å². The summed E-state index contributed by atoms with van der Waals surface area (Å²) in [7, 11) is 1.58.